The fourth-order valence-electron chi connectivity index (χ4n) is 3.82. The summed E-state index contributed by atoms with van der Waals surface area (Å²) in [6.07, 6.45) is 9.94. The minimum Gasteiger partial charge on any atom is -0.399 e. The molecule has 30 heavy (non-hydrogen) atoms. The lowest BCUT2D eigenvalue weighted by molar-refractivity contribution is 0.541. The Bertz CT molecular complexity index is 1040. The number of para-hydroxylation sites is 2. The van der Waals surface area contributed by atoms with Gasteiger partial charge in [0.15, 0.2) is 9.84 Å². The summed E-state index contributed by atoms with van der Waals surface area (Å²) in [4.78, 5) is 4.93. The summed E-state index contributed by atoms with van der Waals surface area (Å²) in [6, 6.07) is 14.3. The van der Waals surface area contributed by atoms with Gasteiger partial charge in [0.1, 0.15) is 11.6 Å². The Morgan fingerprint density at radius 2 is 1.50 bits per heavy atom. The maximum absolute atomic E-state index is 12.9. The highest BCUT2D eigenvalue weighted by Crippen LogP contribution is 2.22. The lowest BCUT2D eigenvalue weighted by Crippen LogP contribution is -2.11. The molecule has 2 aromatic carbocycles. The van der Waals surface area contributed by atoms with Gasteiger partial charge < -0.3 is 10.3 Å². The third kappa shape index (κ3) is 5.85. The number of sulfone groups is 1. The number of hydrogen-bond donors (Lipinski definition) is 1. The molecule has 0 saturated heterocycles. The molecule has 0 radical (unpaired) electrons. The fraction of sp³-hybridized carbons (Fsp3) is 0.458. The van der Waals surface area contributed by atoms with Gasteiger partial charge in [0.05, 0.1) is 15.9 Å². The predicted molar refractivity (Wildman–Crippen MR) is 124 cm³/mol. The van der Waals surface area contributed by atoms with Crippen LogP contribution < -0.4 is 5.73 Å². The van der Waals surface area contributed by atoms with Crippen molar-refractivity contribution in [2.45, 2.75) is 75.5 Å². The second-order valence-electron chi connectivity index (χ2n) is 7.97. The van der Waals surface area contributed by atoms with Gasteiger partial charge >= 0.3 is 0 Å². The third-order valence-electron chi connectivity index (χ3n) is 5.53. The number of anilines is 1. The van der Waals surface area contributed by atoms with Gasteiger partial charge in [-0.1, -0.05) is 64.0 Å². The van der Waals surface area contributed by atoms with E-state index in [1.165, 1.54) is 38.5 Å². The number of aromatic nitrogens is 2. The molecule has 3 aromatic rings. The molecular weight excluding hydrogens is 394 g/mol. The molecule has 162 valence electrons. The number of hydrogen-bond acceptors (Lipinski definition) is 4. The minimum atomic E-state index is -3.49. The first-order valence-electron chi connectivity index (χ1n) is 11.0. The van der Waals surface area contributed by atoms with Crippen LogP contribution >= 0.6 is 0 Å². The zero-order chi connectivity index (χ0) is 21.4. The summed E-state index contributed by atoms with van der Waals surface area (Å²) < 4.78 is 28.0. The first-order valence-corrected chi connectivity index (χ1v) is 12.7. The summed E-state index contributed by atoms with van der Waals surface area (Å²) in [5.41, 5.74) is 8.10. The molecular formula is C24H33N3O2S. The smallest absolute Gasteiger partial charge is 0.185 e. The molecule has 0 spiro atoms. The average molecular weight is 428 g/mol. The number of aryl methyl sites for hydroxylation is 1. The number of imidazole rings is 1. The van der Waals surface area contributed by atoms with Crippen molar-refractivity contribution >= 4 is 26.6 Å². The summed E-state index contributed by atoms with van der Waals surface area (Å²) >= 11 is 0. The van der Waals surface area contributed by atoms with E-state index in [0.717, 1.165) is 30.4 Å². The number of nitrogen functional groups attached to an aromatic ring is 1. The SMILES string of the molecule is CCCCCCCCCCn1c(CS(=O)(=O)c2ccc(N)cc2)nc2ccccc21. The number of nitrogens with two attached hydrogens (primary N) is 1. The van der Waals surface area contributed by atoms with E-state index in [2.05, 4.69) is 16.5 Å². The highest BCUT2D eigenvalue weighted by molar-refractivity contribution is 7.90. The van der Waals surface area contributed by atoms with Crippen LogP contribution in [0.5, 0.6) is 0 Å². The van der Waals surface area contributed by atoms with Gasteiger partial charge in [0.25, 0.3) is 0 Å². The Morgan fingerprint density at radius 3 is 2.20 bits per heavy atom. The standard InChI is InChI=1S/C24H33N3O2S/c1-2-3-4-5-6-7-8-11-18-27-23-13-10-9-12-22(23)26-24(27)19-30(28,29)21-16-14-20(25)15-17-21/h9-10,12-17H,2-8,11,18-19,25H2,1H3. The van der Waals surface area contributed by atoms with Gasteiger partial charge in [-0.05, 0) is 42.8 Å². The first kappa shape index (κ1) is 22.3. The molecule has 0 aliphatic heterocycles. The van der Waals surface area contributed by atoms with Crippen molar-refractivity contribution in [2.24, 2.45) is 0 Å². The molecule has 0 atom stereocenters. The molecule has 0 aliphatic rings. The quantitative estimate of drug-likeness (QED) is 0.296. The van der Waals surface area contributed by atoms with Crippen molar-refractivity contribution in [1.82, 2.24) is 9.55 Å². The monoisotopic (exact) mass is 427 g/mol. The average Bonchev–Trinajstić information content (AvgIpc) is 3.06. The topological polar surface area (TPSA) is 78.0 Å². The molecule has 3 rings (SSSR count). The highest BCUT2D eigenvalue weighted by Gasteiger charge is 2.20. The lowest BCUT2D eigenvalue weighted by Gasteiger charge is -2.10. The fourth-order valence-corrected chi connectivity index (χ4v) is 5.10. The van der Waals surface area contributed by atoms with Gasteiger partial charge in [-0.2, -0.15) is 0 Å². The Balaban J connectivity index is 1.69. The summed E-state index contributed by atoms with van der Waals surface area (Å²) in [6.45, 7) is 3.03. The Morgan fingerprint density at radius 1 is 0.867 bits per heavy atom. The summed E-state index contributed by atoms with van der Waals surface area (Å²) in [5.74, 6) is 0.499. The van der Waals surface area contributed by atoms with Crippen molar-refractivity contribution in [2.75, 3.05) is 5.73 Å². The van der Waals surface area contributed by atoms with Crippen LogP contribution in [0, 0.1) is 0 Å². The molecule has 0 bridgehead atoms. The van der Waals surface area contributed by atoms with E-state index in [1.54, 1.807) is 24.3 Å². The van der Waals surface area contributed by atoms with Crippen LogP contribution in [0.4, 0.5) is 5.69 Å². The maximum atomic E-state index is 12.9. The predicted octanol–water partition coefficient (Wildman–Crippen LogP) is 5.73. The van der Waals surface area contributed by atoms with Crippen molar-refractivity contribution in [3.05, 3.63) is 54.4 Å². The maximum Gasteiger partial charge on any atom is 0.185 e. The lowest BCUT2D eigenvalue weighted by atomic mass is 10.1. The zero-order valence-corrected chi connectivity index (χ0v) is 18.7. The van der Waals surface area contributed by atoms with E-state index in [0.29, 0.717) is 11.5 Å². The zero-order valence-electron chi connectivity index (χ0n) is 17.9. The van der Waals surface area contributed by atoms with Gasteiger partial charge in [-0.3, -0.25) is 0 Å². The molecule has 0 unspecified atom stereocenters. The molecule has 5 nitrogen and oxygen atoms in total. The van der Waals surface area contributed by atoms with Crippen LogP contribution in [0.3, 0.4) is 0 Å². The van der Waals surface area contributed by atoms with Gasteiger partial charge in [-0.15, -0.1) is 0 Å². The van der Waals surface area contributed by atoms with E-state index in [1.807, 2.05) is 24.3 Å². The highest BCUT2D eigenvalue weighted by atomic mass is 32.2. The Hall–Kier alpha value is -2.34. The summed E-state index contributed by atoms with van der Waals surface area (Å²) in [5, 5.41) is 0. The number of fused-ring (bicyclic) bond motifs is 1. The Kier molecular flexibility index (Phi) is 7.91. The van der Waals surface area contributed by atoms with Crippen LogP contribution in [-0.2, 0) is 22.1 Å². The van der Waals surface area contributed by atoms with E-state index in [4.69, 9.17) is 5.73 Å². The molecule has 1 heterocycles. The normalized spacial score (nSPS) is 11.9. The first-order chi connectivity index (χ1) is 14.5. The molecule has 1 aromatic heterocycles. The van der Waals surface area contributed by atoms with E-state index in [9.17, 15) is 8.42 Å². The van der Waals surface area contributed by atoms with E-state index >= 15 is 0 Å². The molecule has 0 fully saturated rings. The number of benzene rings is 2. The van der Waals surface area contributed by atoms with Crippen molar-refractivity contribution in [3.8, 4) is 0 Å². The molecule has 0 amide bonds. The van der Waals surface area contributed by atoms with E-state index < -0.39 is 9.84 Å². The number of unbranched alkanes of at least 4 members (excludes halogenated alkanes) is 7. The van der Waals surface area contributed by atoms with Crippen LogP contribution in [0.15, 0.2) is 53.4 Å². The molecule has 0 saturated carbocycles. The van der Waals surface area contributed by atoms with Gasteiger partial charge in [0, 0.05) is 12.2 Å². The number of rotatable bonds is 12. The largest absolute Gasteiger partial charge is 0.399 e. The van der Waals surface area contributed by atoms with E-state index in [-0.39, 0.29) is 10.6 Å². The molecule has 0 aliphatic carbocycles. The van der Waals surface area contributed by atoms with Crippen LogP contribution in [-0.4, -0.2) is 18.0 Å². The number of nitrogens with zero attached hydrogens (tertiary/aromatic N) is 2. The van der Waals surface area contributed by atoms with Crippen molar-refractivity contribution in [3.63, 3.8) is 0 Å². The Labute approximate surface area is 180 Å². The summed E-state index contributed by atoms with van der Waals surface area (Å²) in [7, 11) is -3.49. The van der Waals surface area contributed by atoms with Crippen LogP contribution in [0.1, 0.15) is 64.1 Å². The van der Waals surface area contributed by atoms with Gasteiger partial charge in [0.2, 0.25) is 0 Å². The minimum absolute atomic E-state index is 0.109. The second kappa shape index (κ2) is 10.6. The van der Waals surface area contributed by atoms with Gasteiger partial charge in [-0.25, -0.2) is 13.4 Å². The van der Waals surface area contributed by atoms with Crippen LogP contribution in [0.2, 0.25) is 0 Å². The second-order valence-corrected chi connectivity index (χ2v) is 9.96. The van der Waals surface area contributed by atoms with Crippen molar-refractivity contribution in [1.29, 1.82) is 0 Å². The third-order valence-corrected chi connectivity index (χ3v) is 7.16. The molecule has 6 heteroatoms. The molecule has 2 N–H and O–H groups in total. The van der Waals surface area contributed by atoms with Crippen LogP contribution in [0.25, 0.3) is 11.0 Å². The van der Waals surface area contributed by atoms with Crippen molar-refractivity contribution < 1.29 is 8.42 Å².